The average Bonchev–Trinajstić information content (AvgIpc) is 2.76. The van der Waals surface area contributed by atoms with Gasteiger partial charge in [-0.2, -0.15) is 0 Å². The van der Waals surface area contributed by atoms with Crippen LogP contribution in [0.15, 0.2) is 29.3 Å². The van der Waals surface area contributed by atoms with Gasteiger partial charge in [0.1, 0.15) is 5.75 Å². The first-order valence-corrected chi connectivity index (χ1v) is 10.8. The molecule has 2 heterocycles. The first-order valence-electron chi connectivity index (χ1n) is 10.8. The smallest absolute Gasteiger partial charge is 0.193 e. The van der Waals surface area contributed by atoms with Crippen molar-refractivity contribution in [1.29, 1.82) is 0 Å². The van der Waals surface area contributed by atoms with Crippen molar-refractivity contribution in [2.45, 2.75) is 26.2 Å². The van der Waals surface area contributed by atoms with E-state index in [0.717, 1.165) is 50.4 Å². The van der Waals surface area contributed by atoms with Crippen molar-refractivity contribution >= 4 is 11.6 Å². The molecule has 0 bridgehead atoms. The van der Waals surface area contributed by atoms with E-state index in [1.165, 1.54) is 44.6 Å². The van der Waals surface area contributed by atoms with Crippen LogP contribution < -0.4 is 15.0 Å². The summed E-state index contributed by atoms with van der Waals surface area (Å²) >= 11 is 0. The van der Waals surface area contributed by atoms with Crippen molar-refractivity contribution in [1.82, 2.24) is 15.1 Å². The van der Waals surface area contributed by atoms with Gasteiger partial charge >= 0.3 is 0 Å². The molecule has 2 fully saturated rings. The number of anilines is 1. The van der Waals surface area contributed by atoms with Gasteiger partial charge in [0.15, 0.2) is 5.96 Å². The number of aliphatic imine (C=N–C) groups is 1. The molecule has 6 nitrogen and oxygen atoms in total. The zero-order chi connectivity index (χ0) is 19.8. The zero-order valence-corrected chi connectivity index (χ0v) is 17.9. The van der Waals surface area contributed by atoms with Crippen LogP contribution in [0, 0.1) is 5.92 Å². The Balaban J connectivity index is 1.42. The van der Waals surface area contributed by atoms with E-state index in [1.54, 1.807) is 7.11 Å². The highest BCUT2D eigenvalue weighted by atomic mass is 16.5. The van der Waals surface area contributed by atoms with E-state index in [1.807, 2.05) is 19.2 Å². The van der Waals surface area contributed by atoms with Gasteiger partial charge in [-0.05, 0) is 69.1 Å². The molecule has 3 rings (SSSR count). The molecule has 0 radical (unpaired) electrons. The predicted octanol–water partition coefficient (Wildman–Crippen LogP) is 2.51. The van der Waals surface area contributed by atoms with Crippen molar-refractivity contribution in [3.63, 3.8) is 0 Å². The Kier molecular flexibility index (Phi) is 7.83. The summed E-state index contributed by atoms with van der Waals surface area (Å²) < 4.78 is 5.26. The van der Waals surface area contributed by atoms with E-state index in [9.17, 15) is 0 Å². The van der Waals surface area contributed by atoms with Gasteiger partial charge in [-0.15, -0.1) is 0 Å². The highest BCUT2D eigenvalue weighted by Gasteiger charge is 2.22. The lowest BCUT2D eigenvalue weighted by Gasteiger charge is -2.38. The van der Waals surface area contributed by atoms with E-state index in [0.29, 0.717) is 0 Å². The van der Waals surface area contributed by atoms with Crippen LogP contribution in [0.2, 0.25) is 0 Å². The van der Waals surface area contributed by atoms with Gasteiger partial charge in [-0.3, -0.25) is 4.99 Å². The third-order valence-corrected chi connectivity index (χ3v) is 6.02. The number of piperidine rings is 1. The molecule has 1 N–H and O–H groups in total. The monoisotopic (exact) mass is 387 g/mol. The van der Waals surface area contributed by atoms with E-state index < -0.39 is 0 Å². The maximum Gasteiger partial charge on any atom is 0.193 e. The number of rotatable bonds is 6. The number of benzene rings is 1. The summed E-state index contributed by atoms with van der Waals surface area (Å²) in [5.74, 6) is 2.74. The summed E-state index contributed by atoms with van der Waals surface area (Å²) in [6.45, 7) is 11.1. The quantitative estimate of drug-likeness (QED) is 0.600. The number of nitrogens with zero attached hydrogens (tertiary/aromatic N) is 4. The third kappa shape index (κ3) is 5.53. The van der Waals surface area contributed by atoms with E-state index >= 15 is 0 Å². The van der Waals surface area contributed by atoms with Crippen molar-refractivity contribution in [3.05, 3.63) is 24.3 Å². The number of nitrogens with one attached hydrogen (secondary N) is 1. The highest BCUT2D eigenvalue weighted by Crippen LogP contribution is 2.21. The topological polar surface area (TPSA) is 43.3 Å². The fourth-order valence-electron chi connectivity index (χ4n) is 4.27. The maximum absolute atomic E-state index is 5.26. The minimum absolute atomic E-state index is 0.769. The average molecular weight is 388 g/mol. The van der Waals surface area contributed by atoms with Crippen LogP contribution in [0.1, 0.15) is 26.2 Å². The van der Waals surface area contributed by atoms with Crippen LogP contribution in [0.5, 0.6) is 5.75 Å². The largest absolute Gasteiger partial charge is 0.497 e. The molecule has 0 spiro atoms. The molecule has 28 heavy (non-hydrogen) atoms. The number of guanidine groups is 1. The Bertz CT molecular complexity index is 602. The molecule has 1 aromatic rings. The predicted molar refractivity (Wildman–Crippen MR) is 118 cm³/mol. The molecule has 0 atom stereocenters. The lowest BCUT2D eigenvalue weighted by molar-refractivity contribution is 0.184. The Morgan fingerprint density at radius 3 is 2.32 bits per heavy atom. The second kappa shape index (κ2) is 10.6. The first-order chi connectivity index (χ1) is 13.7. The van der Waals surface area contributed by atoms with E-state index in [4.69, 9.17) is 4.74 Å². The van der Waals surface area contributed by atoms with Crippen LogP contribution in [0.3, 0.4) is 0 Å². The molecule has 156 valence electrons. The maximum atomic E-state index is 5.26. The van der Waals surface area contributed by atoms with Crippen molar-refractivity contribution in [2.24, 2.45) is 10.9 Å². The molecule has 0 saturated carbocycles. The van der Waals surface area contributed by atoms with Gasteiger partial charge in [-0.25, -0.2) is 0 Å². The van der Waals surface area contributed by atoms with Crippen molar-refractivity contribution in [3.8, 4) is 5.75 Å². The molecule has 0 unspecified atom stereocenters. The van der Waals surface area contributed by atoms with E-state index in [-0.39, 0.29) is 0 Å². The molecular formula is C22H37N5O. The SMILES string of the molecule is CCCN1CCC(CNC(=NC)N2CCN(c3ccc(OC)cc3)CC2)CC1. The van der Waals surface area contributed by atoms with Gasteiger partial charge in [0.25, 0.3) is 0 Å². The molecular weight excluding hydrogens is 350 g/mol. The van der Waals surface area contributed by atoms with Crippen LogP contribution in [0.25, 0.3) is 0 Å². The van der Waals surface area contributed by atoms with Gasteiger partial charge < -0.3 is 24.8 Å². The Morgan fingerprint density at radius 1 is 1.07 bits per heavy atom. The van der Waals surface area contributed by atoms with Crippen LogP contribution in [-0.2, 0) is 0 Å². The minimum atomic E-state index is 0.769. The Hall–Kier alpha value is -1.95. The minimum Gasteiger partial charge on any atom is -0.497 e. The number of likely N-dealkylation sites (tertiary alicyclic amines) is 1. The normalized spacial score (nSPS) is 19.8. The molecule has 2 aliphatic heterocycles. The molecule has 0 aliphatic carbocycles. The Labute approximate surface area is 170 Å². The zero-order valence-electron chi connectivity index (χ0n) is 17.9. The second-order valence-corrected chi connectivity index (χ2v) is 7.89. The first kappa shape index (κ1) is 20.8. The number of ether oxygens (including phenoxy) is 1. The fraction of sp³-hybridized carbons (Fsp3) is 0.682. The summed E-state index contributed by atoms with van der Waals surface area (Å²) in [5, 5.41) is 3.65. The number of hydrogen-bond acceptors (Lipinski definition) is 4. The summed E-state index contributed by atoms with van der Waals surface area (Å²) in [5.41, 5.74) is 1.27. The second-order valence-electron chi connectivity index (χ2n) is 7.89. The van der Waals surface area contributed by atoms with Crippen molar-refractivity contribution < 1.29 is 4.74 Å². The summed E-state index contributed by atoms with van der Waals surface area (Å²) in [6, 6.07) is 8.36. The summed E-state index contributed by atoms with van der Waals surface area (Å²) in [7, 11) is 3.61. The van der Waals surface area contributed by atoms with Crippen molar-refractivity contribution in [2.75, 3.05) is 71.4 Å². The lowest BCUT2D eigenvalue weighted by atomic mass is 9.97. The molecule has 0 aromatic heterocycles. The standard InChI is InChI=1S/C22H37N5O/c1-4-11-25-12-9-19(10-13-25)18-24-22(23-2)27-16-14-26(15-17-27)20-5-7-21(28-3)8-6-20/h5-8,19H,4,9-18H2,1-3H3,(H,23,24). The summed E-state index contributed by atoms with van der Waals surface area (Å²) in [4.78, 5) is 12.0. The van der Waals surface area contributed by atoms with Gasteiger partial charge in [0.05, 0.1) is 7.11 Å². The van der Waals surface area contributed by atoms with Gasteiger partial charge in [0.2, 0.25) is 0 Å². The molecule has 6 heteroatoms. The lowest BCUT2D eigenvalue weighted by Crippen LogP contribution is -2.53. The summed E-state index contributed by atoms with van der Waals surface area (Å²) in [6.07, 6.45) is 3.86. The van der Waals surface area contributed by atoms with Crippen LogP contribution in [0.4, 0.5) is 5.69 Å². The third-order valence-electron chi connectivity index (χ3n) is 6.02. The number of methoxy groups -OCH3 is 1. The van der Waals surface area contributed by atoms with E-state index in [2.05, 4.69) is 44.1 Å². The highest BCUT2D eigenvalue weighted by molar-refractivity contribution is 5.80. The van der Waals surface area contributed by atoms with Gasteiger partial charge in [0, 0.05) is 45.5 Å². The number of hydrogen-bond donors (Lipinski definition) is 1. The molecule has 2 saturated heterocycles. The van der Waals surface area contributed by atoms with Gasteiger partial charge in [-0.1, -0.05) is 6.92 Å². The number of piperazine rings is 1. The molecule has 0 amide bonds. The fourth-order valence-corrected chi connectivity index (χ4v) is 4.27. The Morgan fingerprint density at radius 2 is 1.75 bits per heavy atom. The van der Waals surface area contributed by atoms with Crippen LogP contribution in [-0.4, -0.2) is 82.3 Å². The van der Waals surface area contributed by atoms with Crippen LogP contribution >= 0.6 is 0 Å². The molecule has 2 aliphatic rings. The molecule has 1 aromatic carbocycles.